The van der Waals surface area contributed by atoms with Gasteiger partial charge in [-0.1, -0.05) is 15.9 Å². The van der Waals surface area contributed by atoms with Crippen molar-refractivity contribution in [3.05, 3.63) is 28.2 Å². The maximum Gasteiger partial charge on any atom is 0.152 e. The van der Waals surface area contributed by atoms with E-state index in [4.69, 9.17) is 4.74 Å². The number of ether oxygens (including phenoxy) is 1. The predicted octanol–water partition coefficient (Wildman–Crippen LogP) is 1.46. The molecule has 1 fully saturated rings. The topological polar surface area (TPSA) is 49.8 Å². The zero-order chi connectivity index (χ0) is 12.3. The van der Waals surface area contributed by atoms with Crippen LogP contribution >= 0.6 is 15.9 Å². The first-order valence-corrected chi connectivity index (χ1v) is 6.25. The first kappa shape index (κ1) is 12.5. The normalized spacial score (nSPS) is 20.4. The molecular weight excluding hydrogens is 286 g/mol. The molecule has 0 spiro atoms. The van der Waals surface area contributed by atoms with E-state index in [0.717, 1.165) is 16.4 Å². The van der Waals surface area contributed by atoms with E-state index in [-0.39, 0.29) is 12.6 Å². The molecule has 17 heavy (non-hydrogen) atoms. The van der Waals surface area contributed by atoms with Gasteiger partial charge in [-0.05, 0) is 18.2 Å². The Bertz CT molecular complexity index is 411. The van der Waals surface area contributed by atoms with Gasteiger partial charge < -0.3 is 14.7 Å². The van der Waals surface area contributed by atoms with Gasteiger partial charge >= 0.3 is 0 Å². The molecule has 0 saturated carbocycles. The molecule has 0 aliphatic carbocycles. The maximum atomic E-state index is 11.0. The summed E-state index contributed by atoms with van der Waals surface area (Å²) in [4.78, 5) is 13.1. The summed E-state index contributed by atoms with van der Waals surface area (Å²) in [5.74, 6) is 0. The van der Waals surface area contributed by atoms with Crippen molar-refractivity contribution in [2.24, 2.45) is 0 Å². The molecule has 1 saturated heterocycles. The number of aliphatic hydroxyl groups excluding tert-OH is 1. The first-order valence-electron chi connectivity index (χ1n) is 5.46. The van der Waals surface area contributed by atoms with Crippen LogP contribution in [0.1, 0.15) is 10.4 Å². The van der Waals surface area contributed by atoms with Gasteiger partial charge in [-0.15, -0.1) is 0 Å². The Labute approximate surface area is 108 Å². The van der Waals surface area contributed by atoms with E-state index < -0.39 is 0 Å². The summed E-state index contributed by atoms with van der Waals surface area (Å²) in [5, 5.41) is 9.33. The fourth-order valence-corrected chi connectivity index (χ4v) is 2.34. The number of benzene rings is 1. The van der Waals surface area contributed by atoms with Crippen molar-refractivity contribution >= 4 is 27.9 Å². The van der Waals surface area contributed by atoms with Gasteiger partial charge in [-0.25, -0.2) is 0 Å². The molecule has 1 atom stereocenters. The molecule has 0 amide bonds. The minimum atomic E-state index is -0.0863. The monoisotopic (exact) mass is 299 g/mol. The van der Waals surface area contributed by atoms with E-state index in [9.17, 15) is 9.90 Å². The predicted molar refractivity (Wildman–Crippen MR) is 68.6 cm³/mol. The smallest absolute Gasteiger partial charge is 0.152 e. The van der Waals surface area contributed by atoms with Crippen molar-refractivity contribution in [1.82, 2.24) is 0 Å². The average molecular weight is 300 g/mol. The Hall–Kier alpha value is -0.910. The van der Waals surface area contributed by atoms with E-state index in [2.05, 4.69) is 15.9 Å². The first-order chi connectivity index (χ1) is 8.26. The van der Waals surface area contributed by atoms with Crippen molar-refractivity contribution in [2.75, 3.05) is 31.3 Å². The molecule has 0 bridgehead atoms. The molecule has 1 N–H and O–H groups in total. The van der Waals surface area contributed by atoms with Crippen LogP contribution in [0.5, 0.6) is 0 Å². The average Bonchev–Trinajstić information content (AvgIpc) is 2.38. The van der Waals surface area contributed by atoms with Gasteiger partial charge in [0, 0.05) is 22.3 Å². The number of aliphatic hydroxyl groups is 1. The number of hydrogen-bond donors (Lipinski definition) is 1. The number of halogens is 1. The molecule has 4 nitrogen and oxygen atoms in total. The molecule has 0 radical (unpaired) electrons. The van der Waals surface area contributed by atoms with E-state index in [1.54, 1.807) is 6.07 Å². The number of aldehydes is 1. The minimum absolute atomic E-state index is 0.0187. The van der Waals surface area contributed by atoms with Gasteiger partial charge in [0.25, 0.3) is 0 Å². The van der Waals surface area contributed by atoms with Gasteiger partial charge in [-0.3, -0.25) is 4.79 Å². The molecule has 1 heterocycles. The number of nitrogens with zero attached hydrogens (tertiary/aromatic N) is 1. The number of rotatable bonds is 3. The Kier molecular flexibility index (Phi) is 4.15. The van der Waals surface area contributed by atoms with Crippen molar-refractivity contribution in [3.8, 4) is 0 Å². The molecule has 5 heteroatoms. The zero-order valence-corrected chi connectivity index (χ0v) is 10.9. The van der Waals surface area contributed by atoms with Crippen molar-refractivity contribution in [3.63, 3.8) is 0 Å². The lowest BCUT2D eigenvalue weighted by atomic mass is 10.1. The summed E-state index contributed by atoms with van der Waals surface area (Å²) in [6.45, 7) is 1.80. The molecule has 1 unspecified atom stereocenters. The standard InChI is InChI=1S/C12H14BrNO3/c13-10-2-1-9(6-15)12(5-10)14-3-4-17-8-11(14)7-16/h1-2,5-6,11,16H,3-4,7-8H2. The van der Waals surface area contributed by atoms with Gasteiger partial charge in [-0.2, -0.15) is 0 Å². The highest BCUT2D eigenvalue weighted by atomic mass is 79.9. The molecule has 2 rings (SSSR count). The van der Waals surface area contributed by atoms with E-state index >= 15 is 0 Å². The Morgan fingerprint density at radius 3 is 3.12 bits per heavy atom. The van der Waals surface area contributed by atoms with E-state index in [1.807, 2.05) is 17.0 Å². The second kappa shape index (κ2) is 5.62. The number of morpholine rings is 1. The highest BCUT2D eigenvalue weighted by Gasteiger charge is 2.24. The summed E-state index contributed by atoms with van der Waals surface area (Å²) >= 11 is 3.40. The largest absolute Gasteiger partial charge is 0.394 e. The number of hydrogen-bond acceptors (Lipinski definition) is 4. The summed E-state index contributed by atoms with van der Waals surface area (Å²) < 4.78 is 6.24. The zero-order valence-electron chi connectivity index (χ0n) is 9.30. The Balaban J connectivity index is 2.36. The lowest BCUT2D eigenvalue weighted by molar-refractivity contribution is 0.0725. The molecule has 1 aliphatic rings. The molecule has 1 aromatic rings. The highest BCUT2D eigenvalue weighted by molar-refractivity contribution is 9.10. The summed E-state index contributed by atoms with van der Waals surface area (Å²) in [7, 11) is 0. The number of carbonyl (C=O) groups excluding carboxylic acids is 1. The van der Waals surface area contributed by atoms with Crippen LogP contribution in [0.25, 0.3) is 0 Å². The second-order valence-electron chi connectivity index (χ2n) is 3.93. The lowest BCUT2D eigenvalue weighted by Gasteiger charge is -2.37. The molecule has 0 aromatic heterocycles. The van der Waals surface area contributed by atoms with Crippen LogP contribution in [-0.4, -0.2) is 43.8 Å². The highest BCUT2D eigenvalue weighted by Crippen LogP contribution is 2.27. The molecule has 92 valence electrons. The minimum Gasteiger partial charge on any atom is -0.394 e. The third kappa shape index (κ3) is 2.68. The van der Waals surface area contributed by atoms with Crippen molar-refractivity contribution in [2.45, 2.75) is 6.04 Å². The third-order valence-corrected chi connectivity index (χ3v) is 3.36. The number of anilines is 1. The fourth-order valence-electron chi connectivity index (χ4n) is 1.99. The van der Waals surface area contributed by atoms with E-state index in [1.165, 1.54) is 0 Å². The van der Waals surface area contributed by atoms with Gasteiger partial charge in [0.1, 0.15) is 0 Å². The van der Waals surface area contributed by atoms with Crippen molar-refractivity contribution in [1.29, 1.82) is 0 Å². The lowest BCUT2D eigenvalue weighted by Crippen LogP contribution is -2.48. The summed E-state index contributed by atoms with van der Waals surface area (Å²) in [5.41, 5.74) is 1.48. The fraction of sp³-hybridized carbons (Fsp3) is 0.417. The van der Waals surface area contributed by atoms with Crippen LogP contribution in [0.2, 0.25) is 0 Å². The van der Waals surface area contributed by atoms with Gasteiger partial charge in [0.2, 0.25) is 0 Å². The van der Waals surface area contributed by atoms with Crippen LogP contribution in [-0.2, 0) is 4.74 Å². The van der Waals surface area contributed by atoms with Crippen LogP contribution < -0.4 is 4.90 Å². The molecule has 1 aliphatic heterocycles. The van der Waals surface area contributed by atoms with Crippen LogP contribution in [0.4, 0.5) is 5.69 Å². The SMILES string of the molecule is O=Cc1ccc(Br)cc1N1CCOCC1CO. The summed E-state index contributed by atoms with van der Waals surface area (Å²) in [6.07, 6.45) is 0.839. The van der Waals surface area contributed by atoms with Crippen LogP contribution in [0, 0.1) is 0 Å². The Morgan fingerprint density at radius 1 is 1.59 bits per heavy atom. The van der Waals surface area contributed by atoms with Crippen molar-refractivity contribution < 1.29 is 14.6 Å². The van der Waals surface area contributed by atoms with Crippen LogP contribution in [0.3, 0.4) is 0 Å². The van der Waals surface area contributed by atoms with Gasteiger partial charge in [0.05, 0.1) is 25.9 Å². The number of carbonyl (C=O) groups is 1. The quantitative estimate of drug-likeness (QED) is 0.859. The van der Waals surface area contributed by atoms with E-state index in [0.29, 0.717) is 25.3 Å². The molecular formula is C12H14BrNO3. The van der Waals surface area contributed by atoms with Crippen LogP contribution in [0.15, 0.2) is 22.7 Å². The molecule has 1 aromatic carbocycles. The third-order valence-electron chi connectivity index (χ3n) is 2.87. The summed E-state index contributed by atoms with van der Waals surface area (Å²) in [6, 6.07) is 5.42. The second-order valence-corrected chi connectivity index (χ2v) is 4.84. The Morgan fingerprint density at radius 2 is 2.41 bits per heavy atom. The van der Waals surface area contributed by atoms with Gasteiger partial charge in [0.15, 0.2) is 6.29 Å². The maximum absolute atomic E-state index is 11.0.